The molecular formula is C11H12O2S. The third-order valence-electron chi connectivity index (χ3n) is 1.92. The Kier molecular flexibility index (Phi) is 3.77. The molecule has 0 aliphatic heterocycles. The summed E-state index contributed by atoms with van der Waals surface area (Å²) in [6, 6.07) is 5.43. The summed E-state index contributed by atoms with van der Waals surface area (Å²) in [4.78, 5) is 11.0. The highest BCUT2D eigenvalue weighted by Crippen LogP contribution is 2.15. The summed E-state index contributed by atoms with van der Waals surface area (Å²) in [6.07, 6.45) is 3.60. The molecule has 3 heteroatoms. The monoisotopic (exact) mass is 208 g/mol. The zero-order valence-electron chi connectivity index (χ0n) is 7.90. The zero-order chi connectivity index (χ0) is 10.6. The lowest BCUT2D eigenvalue weighted by Gasteiger charge is -2.04. The van der Waals surface area contributed by atoms with Gasteiger partial charge in [0.05, 0.1) is 5.56 Å². The van der Waals surface area contributed by atoms with Gasteiger partial charge in [0.1, 0.15) is 0 Å². The second-order valence-electron chi connectivity index (χ2n) is 2.93. The largest absolute Gasteiger partial charge is 0.478 e. The molecule has 0 amide bonds. The molecule has 74 valence electrons. The Hall–Kier alpha value is -1.22. The van der Waals surface area contributed by atoms with Gasteiger partial charge >= 0.3 is 5.97 Å². The third kappa shape index (κ3) is 2.39. The Morgan fingerprint density at radius 3 is 2.86 bits per heavy atom. The molecule has 0 aromatic heterocycles. The Morgan fingerprint density at radius 2 is 2.29 bits per heavy atom. The van der Waals surface area contributed by atoms with Crippen molar-refractivity contribution >= 4 is 24.7 Å². The van der Waals surface area contributed by atoms with E-state index in [-0.39, 0.29) is 0 Å². The van der Waals surface area contributed by atoms with Crippen LogP contribution in [-0.2, 0) is 0 Å². The van der Waals surface area contributed by atoms with Crippen LogP contribution in [0, 0.1) is 6.92 Å². The molecule has 0 atom stereocenters. The van der Waals surface area contributed by atoms with E-state index >= 15 is 0 Å². The van der Waals surface area contributed by atoms with E-state index in [2.05, 4.69) is 12.6 Å². The van der Waals surface area contributed by atoms with Gasteiger partial charge in [-0.05, 0) is 18.1 Å². The molecular weight excluding hydrogens is 196 g/mol. The molecule has 0 radical (unpaired) electrons. The van der Waals surface area contributed by atoms with Crippen LogP contribution >= 0.6 is 12.6 Å². The molecule has 1 rings (SSSR count). The molecule has 0 spiro atoms. The molecule has 1 N–H and O–H groups in total. The molecule has 0 aliphatic carbocycles. The minimum atomic E-state index is -0.887. The predicted octanol–water partition coefficient (Wildman–Crippen LogP) is 2.64. The van der Waals surface area contributed by atoms with Crippen LogP contribution in [0.2, 0.25) is 0 Å². The minimum Gasteiger partial charge on any atom is -0.478 e. The molecule has 1 aromatic rings. The van der Waals surface area contributed by atoms with E-state index in [1.54, 1.807) is 25.1 Å². The van der Waals surface area contributed by atoms with E-state index in [1.807, 2.05) is 12.1 Å². The van der Waals surface area contributed by atoms with Crippen LogP contribution in [0.3, 0.4) is 0 Å². The number of benzene rings is 1. The smallest absolute Gasteiger partial charge is 0.336 e. The summed E-state index contributed by atoms with van der Waals surface area (Å²) in [5, 5.41) is 8.99. The lowest BCUT2D eigenvalue weighted by atomic mass is 10.0. The van der Waals surface area contributed by atoms with E-state index < -0.39 is 5.97 Å². The van der Waals surface area contributed by atoms with Crippen molar-refractivity contribution in [2.45, 2.75) is 6.92 Å². The summed E-state index contributed by atoms with van der Waals surface area (Å²) in [6.45, 7) is 1.79. The van der Waals surface area contributed by atoms with E-state index in [1.165, 1.54) is 0 Å². The summed E-state index contributed by atoms with van der Waals surface area (Å²) in [5.41, 5.74) is 1.87. The number of carbonyl (C=O) groups is 1. The topological polar surface area (TPSA) is 37.3 Å². The average molecular weight is 208 g/mol. The van der Waals surface area contributed by atoms with E-state index in [0.717, 1.165) is 11.1 Å². The molecule has 0 unspecified atom stereocenters. The molecule has 1 aromatic carbocycles. The molecule has 0 saturated carbocycles. The first-order valence-corrected chi connectivity index (χ1v) is 4.90. The number of aromatic carboxylic acids is 1. The number of hydrogen-bond donors (Lipinski definition) is 2. The highest BCUT2D eigenvalue weighted by Gasteiger charge is 2.09. The van der Waals surface area contributed by atoms with Gasteiger partial charge < -0.3 is 5.11 Å². The number of thiol groups is 1. The quantitative estimate of drug-likeness (QED) is 0.749. The summed E-state index contributed by atoms with van der Waals surface area (Å²) in [7, 11) is 0. The van der Waals surface area contributed by atoms with Crippen LogP contribution < -0.4 is 0 Å². The van der Waals surface area contributed by atoms with Gasteiger partial charge in [-0.1, -0.05) is 30.4 Å². The number of rotatable bonds is 3. The van der Waals surface area contributed by atoms with Gasteiger partial charge in [0.25, 0.3) is 0 Å². The van der Waals surface area contributed by atoms with Crippen LogP contribution in [0.4, 0.5) is 0 Å². The summed E-state index contributed by atoms with van der Waals surface area (Å²) >= 11 is 4.03. The fourth-order valence-corrected chi connectivity index (χ4v) is 1.41. The number of carboxylic acids is 1. The van der Waals surface area contributed by atoms with Gasteiger partial charge in [-0.2, -0.15) is 12.6 Å². The van der Waals surface area contributed by atoms with Gasteiger partial charge in [-0.3, -0.25) is 0 Å². The average Bonchev–Trinajstić information content (AvgIpc) is 2.14. The van der Waals surface area contributed by atoms with Crippen molar-refractivity contribution in [2.24, 2.45) is 0 Å². The Bertz CT molecular complexity index is 370. The minimum absolute atomic E-state index is 0.366. The first-order valence-electron chi connectivity index (χ1n) is 4.27. The molecule has 0 saturated heterocycles. The Labute approximate surface area is 88.7 Å². The predicted molar refractivity (Wildman–Crippen MR) is 61.0 cm³/mol. The first kappa shape index (κ1) is 10.9. The SMILES string of the molecule is Cc1cccc(C=CCS)c1C(=O)O. The Balaban J connectivity index is 3.21. The van der Waals surface area contributed by atoms with Gasteiger partial charge in [0.15, 0.2) is 0 Å². The normalized spacial score (nSPS) is 10.7. The maximum Gasteiger partial charge on any atom is 0.336 e. The van der Waals surface area contributed by atoms with Gasteiger partial charge in [0.2, 0.25) is 0 Å². The number of carboxylic acid groups (broad SMARTS) is 1. The van der Waals surface area contributed by atoms with Gasteiger partial charge in [-0.25, -0.2) is 4.79 Å². The van der Waals surface area contributed by atoms with Crippen molar-refractivity contribution in [3.05, 3.63) is 41.0 Å². The van der Waals surface area contributed by atoms with Crippen LogP contribution in [0.15, 0.2) is 24.3 Å². The maximum atomic E-state index is 11.0. The molecule has 2 nitrogen and oxygen atoms in total. The van der Waals surface area contributed by atoms with Gasteiger partial charge in [-0.15, -0.1) is 0 Å². The molecule has 0 heterocycles. The van der Waals surface area contributed by atoms with Crippen molar-refractivity contribution < 1.29 is 9.90 Å². The van der Waals surface area contributed by atoms with Crippen LogP contribution in [0.5, 0.6) is 0 Å². The van der Waals surface area contributed by atoms with Crippen LogP contribution in [0.1, 0.15) is 21.5 Å². The van der Waals surface area contributed by atoms with E-state index in [0.29, 0.717) is 11.3 Å². The highest BCUT2D eigenvalue weighted by atomic mass is 32.1. The van der Waals surface area contributed by atoms with Crippen molar-refractivity contribution in [3.63, 3.8) is 0 Å². The third-order valence-corrected chi connectivity index (χ3v) is 2.13. The van der Waals surface area contributed by atoms with Crippen molar-refractivity contribution in [1.82, 2.24) is 0 Å². The number of aryl methyl sites for hydroxylation is 1. The zero-order valence-corrected chi connectivity index (χ0v) is 8.79. The van der Waals surface area contributed by atoms with Crippen molar-refractivity contribution in [3.8, 4) is 0 Å². The molecule has 14 heavy (non-hydrogen) atoms. The van der Waals surface area contributed by atoms with Crippen LogP contribution in [-0.4, -0.2) is 16.8 Å². The maximum absolute atomic E-state index is 11.0. The molecule has 0 bridgehead atoms. The summed E-state index contributed by atoms with van der Waals surface area (Å²) < 4.78 is 0. The lowest BCUT2D eigenvalue weighted by Crippen LogP contribution is -2.02. The fourth-order valence-electron chi connectivity index (χ4n) is 1.30. The second kappa shape index (κ2) is 4.86. The van der Waals surface area contributed by atoms with Crippen molar-refractivity contribution in [2.75, 3.05) is 5.75 Å². The fraction of sp³-hybridized carbons (Fsp3) is 0.182. The summed E-state index contributed by atoms with van der Waals surface area (Å²) in [5.74, 6) is -0.283. The standard InChI is InChI=1S/C11H12O2S/c1-8-4-2-5-9(6-3-7-14)10(8)11(12)13/h2-6,14H,7H2,1H3,(H,12,13). The highest BCUT2D eigenvalue weighted by molar-refractivity contribution is 7.80. The van der Waals surface area contributed by atoms with Crippen LogP contribution in [0.25, 0.3) is 6.08 Å². The first-order chi connectivity index (χ1) is 6.66. The lowest BCUT2D eigenvalue weighted by molar-refractivity contribution is 0.0696. The van der Waals surface area contributed by atoms with Gasteiger partial charge in [0, 0.05) is 5.75 Å². The molecule has 0 aliphatic rings. The second-order valence-corrected chi connectivity index (χ2v) is 3.29. The number of hydrogen-bond acceptors (Lipinski definition) is 2. The van der Waals surface area contributed by atoms with Crippen molar-refractivity contribution in [1.29, 1.82) is 0 Å². The molecule has 0 fully saturated rings. The Morgan fingerprint density at radius 1 is 1.57 bits per heavy atom. The van der Waals surface area contributed by atoms with E-state index in [9.17, 15) is 4.79 Å². The van der Waals surface area contributed by atoms with E-state index in [4.69, 9.17) is 5.11 Å².